The zero-order valence-electron chi connectivity index (χ0n) is 13.8. The molecule has 0 radical (unpaired) electrons. The van der Waals surface area contributed by atoms with Crippen molar-refractivity contribution in [2.75, 3.05) is 31.6 Å². The van der Waals surface area contributed by atoms with Crippen molar-refractivity contribution in [1.82, 2.24) is 14.9 Å². The molecule has 1 aromatic heterocycles. The van der Waals surface area contributed by atoms with E-state index >= 15 is 0 Å². The number of nitrogens with zero attached hydrogens (tertiary/aromatic N) is 3. The number of rotatable bonds is 6. The maximum Gasteiger partial charge on any atom is 0.238 e. The lowest BCUT2D eigenvalue weighted by atomic mass is 10.1. The van der Waals surface area contributed by atoms with E-state index in [0.29, 0.717) is 24.9 Å². The number of amides is 1. The molecule has 6 heteroatoms. The first-order valence-electron chi connectivity index (χ1n) is 8.17. The van der Waals surface area contributed by atoms with Crippen LogP contribution in [0.4, 0.5) is 5.69 Å². The number of ether oxygens (including phenoxy) is 1. The molecule has 1 aromatic carbocycles. The fourth-order valence-electron chi connectivity index (χ4n) is 2.88. The van der Waals surface area contributed by atoms with Crippen LogP contribution in [0.15, 0.2) is 42.9 Å². The summed E-state index contributed by atoms with van der Waals surface area (Å²) in [5.41, 5.74) is 1.98. The number of anilines is 1. The summed E-state index contributed by atoms with van der Waals surface area (Å²) < 4.78 is 5.65. The fraction of sp³-hybridized carbons (Fsp3) is 0.389. The highest BCUT2D eigenvalue weighted by Gasteiger charge is 2.24. The van der Waals surface area contributed by atoms with E-state index in [1.807, 2.05) is 31.2 Å². The average molecular weight is 326 g/mol. The lowest BCUT2D eigenvalue weighted by molar-refractivity contribution is -0.117. The van der Waals surface area contributed by atoms with Gasteiger partial charge in [0.25, 0.3) is 0 Å². The first kappa shape index (κ1) is 16.4. The molecule has 0 aliphatic carbocycles. The predicted octanol–water partition coefficient (Wildman–Crippen LogP) is 2.12. The Morgan fingerprint density at radius 1 is 1.42 bits per heavy atom. The Labute approximate surface area is 141 Å². The van der Waals surface area contributed by atoms with Crippen molar-refractivity contribution in [3.05, 3.63) is 48.4 Å². The molecule has 1 amide bonds. The van der Waals surface area contributed by atoms with Crippen molar-refractivity contribution in [2.24, 2.45) is 5.92 Å². The van der Waals surface area contributed by atoms with Crippen LogP contribution in [0.1, 0.15) is 12.0 Å². The van der Waals surface area contributed by atoms with Gasteiger partial charge < -0.3 is 10.1 Å². The van der Waals surface area contributed by atoms with E-state index < -0.39 is 0 Å². The minimum absolute atomic E-state index is 0.0242. The predicted molar refractivity (Wildman–Crippen MR) is 91.9 cm³/mol. The molecule has 0 bridgehead atoms. The van der Waals surface area contributed by atoms with Gasteiger partial charge >= 0.3 is 0 Å². The first-order chi connectivity index (χ1) is 11.7. The van der Waals surface area contributed by atoms with Gasteiger partial charge in [-0.3, -0.25) is 14.7 Å². The molecule has 0 saturated carbocycles. The normalized spacial score (nSPS) is 17.6. The van der Waals surface area contributed by atoms with Crippen molar-refractivity contribution in [3.8, 4) is 5.88 Å². The summed E-state index contributed by atoms with van der Waals surface area (Å²) in [5.74, 6) is 0.989. The quantitative estimate of drug-likeness (QED) is 0.881. The Morgan fingerprint density at radius 3 is 3.12 bits per heavy atom. The summed E-state index contributed by atoms with van der Waals surface area (Å²) in [6, 6.07) is 7.84. The number of benzene rings is 1. The number of nitrogens with one attached hydrogen (secondary N) is 1. The van der Waals surface area contributed by atoms with Gasteiger partial charge in [0.05, 0.1) is 19.3 Å². The largest absolute Gasteiger partial charge is 0.476 e. The number of aromatic nitrogens is 2. The van der Waals surface area contributed by atoms with Crippen LogP contribution in [0.3, 0.4) is 0 Å². The molecule has 0 spiro atoms. The molecule has 1 aliphatic heterocycles. The molecule has 1 atom stereocenters. The van der Waals surface area contributed by atoms with Gasteiger partial charge in [0.15, 0.2) is 0 Å². The van der Waals surface area contributed by atoms with Crippen LogP contribution < -0.4 is 10.1 Å². The Bertz CT molecular complexity index is 678. The molecular weight excluding hydrogens is 304 g/mol. The minimum Gasteiger partial charge on any atom is -0.476 e. The standard InChI is InChI=1S/C18H22N4O2/c1-14-3-2-4-16(9-14)21-17(23)12-22-8-5-15(11-22)13-24-18-10-19-6-7-20-18/h2-4,6-7,9-10,15H,5,8,11-13H2,1H3,(H,21,23). The number of carbonyl (C=O) groups excluding carboxylic acids is 1. The van der Waals surface area contributed by atoms with Crippen molar-refractivity contribution < 1.29 is 9.53 Å². The maximum atomic E-state index is 12.2. The van der Waals surface area contributed by atoms with Crippen molar-refractivity contribution in [1.29, 1.82) is 0 Å². The van der Waals surface area contributed by atoms with Gasteiger partial charge in [0.1, 0.15) is 0 Å². The van der Waals surface area contributed by atoms with Gasteiger partial charge in [0.2, 0.25) is 11.8 Å². The number of aryl methyl sites for hydroxylation is 1. The van der Waals surface area contributed by atoms with E-state index in [4.69, 9.17) is 4.74 Å². The highest BCUT2D eigenvalue weighted by molar-refractivity contribution is 5.92. The van der Waals surface area contributed by atoms with Crippen LogP contribution in [0, 0.1) is 12.8 Å². The molecule has 6 nitrogen and oxygen atoms in total. The number of hydrogen-bond acceptors (Lipinski definition) is 5. The van der Waals surface area contributed by atoms with Gasteiger partial charge in [-0.1, -0.05) is 12.1 Å². The van der Waals surface area contributed by atoms with Crippen LogP contribution in [-0.4, -0.2) is 47.0 Å². The Balaban J connectivity index is 1.41. The van der Waals surface area contributed by atoms with Gasteiger partial charge in [-0.15, -0.1) is 0 Å². The monoisotopic (exact) mass is 326 g/mol. The molecule has 1 unspecified atom stereocenters. The zero-order chi connectivity index (χ0) is 16.8. The number of carbonyl (C=O) groups is 1. The SMILES string of the molecule is Cc1cccc(NC(=O)CN2CCC(COc3cnccn3)C2)c1. The lowest BCUT2D eigenvalue weighted by Crippen LogP contribution is -2.32. The van der Waals surface area contributed by atoms with E-state index in [0.717, 1.165) is 30.8 Å². The molecule has 24 heavy (non-hydrogen) atoms. The third-order valence-corrected chi connectivity index (χ3v) is 4.05. The van der Waals surface area contributed by atoms with Crippen LogP contribution in [-0.2, 0) is 4.79 Å². The fourth-order valence-corrected chi connectivity index (χ4v) is 2.88. The molecule has 1 saturated heterocycles. The molecule has 1 aliphatic rings. The van der Waals surface area contributed by atoms with E-state index in [9.17, 15) is 4.79 Å². The molecule has 126 valence electrons. The van der Waals surface area contributed by atoms with Crippen molar-refractivity contribution in [2.45, 2.75) is 13.3 Å². The third kappa shape index (κ3) is 4.76. The highest BCUT2D eigenvalue weighted by Crippen LogP contribution is 2.17. The zero-order valence-corrected chi connectivity index (χ0v) is 13.8. The molecule has 2 heterocycles. The van der Waals surface area contributed by atoms with Gasteiger partial charge in [-0.25, -0.2) is 4.98 Å². The van der Waals surface area contributed by atoms with Crippen LogP contribution >= 0.6 is 0 Å². The molecule has 1 fully saturated rings. The Morgan fingerprint density at radius 2 is 2.33 bits per heavy atom. The van der Waals surface area contributed by atoms with E-state index in [1.165, 1.54) is 0 Å². The maximum absolute atomic E-state index is 12.2. The van der Waals surface area contributed by atoms with E-state index in [2.05, 4.69) is 20.2 Å². The molecule has 3 rings (SSSR count). The summed E-state index contributed by atoms with van der Waals surface area (Å²) in [7, 11) is 0. The number of hydrogen-bond donors (Lipinski definition) is 1. The molecular formula is C18H22N4O2. The summed E-state index contributed by atoms with van der Waals surface area (Å²) in [5, 5.41) is 2.95. The second-order valence-corrected chi connectivity index (χ2v) is 6.16. The van der Waals surface area contributed by atoms with Crippen LogP contribution in [0.25, 0.3) is 0 Å². The van der Waals surface area contributed by atoms with Crippen molar-refractivity contribution in [3.63, 3.8) is 0 Å². The second-order valence-electron chi connectivity index (χ2n) is 6.16. The lowest BCUT2D eigenvalue weighted by Gasteiger charge is -2.16. The summed E-state index contributed by atoms with van der Waals surface area (Å²) in [4.78, 5) is 22.4. The second kappa shape index (κ2) is 7.88. The smallest absolute Gasteiger partial charge is 0.238 e. The first-order valence-corrected chi connectivity index (χ1v) is 8.17. The van der Waals surface area contributed by atoms with Crippen LogP contribution in [0.5, 0.6) is 5.88 Å². The summed E-state index contributed by atoms with van der Waals surface area (Å²) >= 11 is 0. The van der Waals surface area contributed by atoms with Gasteiger partial charge in [-0.2, -0.15) is 0 Å². The topological polar surface area (TPSA) is 67.4 Å². The van der Waals surface area contributed by atoms with Crippen molar-refractivity contribution >= 4 is 11.6 Å². The van der Waals surface area contributed by atoms with E-state index in [-0.39, 0.29) is 5.91 Å². The minimum atomic E-state index is 0.0242. The average Bonchev–Trinajstić information content (AvgIpc) is 3.01. The molecule has 1 N–H and O–H groups in total. The van der Waals surface area contributed by atoms with Gasteiger partial charge in [-0.05, 0) is 37.6 Å². The van der Waals surface area contributed by atoms with E-state index in [1.54, 1.807) is 18.6 Å². The Hall–Kier alpha value is -2.47. The Kier molecular flexibility index (Phi) is 5.38. The number of likely N-dealkylation sites (tertiary alicyclic amines) is 1. The summed E-state index contributed by atoms with van der Waals surface area (Å²) in [6.45, 7) is 4.80. The van der Waals surface area contributed by atoms with Crippen LogP contribution in [0.2, 0.25) is 0 Å². The third-order valence-electron chi connectivity index (χ3n) is 4.05. The summed E-state index contributed by atoms with van der Waals surface area (Å²) in [6.07, 6.45) is 5.88. The van der Waals surface area contributed by atoms with Gasteiger partial charge in [0, 0.05) is 30.5 Å². The molecule has 2 aromatic rings. The highest BCUT2D eigenvalue weighted by atomic mass is 16.5.